The van der Waals surface area contributed by atoms with Gasteiger partial charge in [-0.05, 0) is 49.1 Å². The Hall–Kier alpha value is -4.14. The second-order valence-corrected chi connectivity index (χ2v) is 9.18. The van der Waals surface area contributed by atoms with Gasteiger partial charge in [0.25, 0.3) is 0 Å². The van der Waals surface area contributed by atoms with Crippen LogP contribution in [0.5, 0.6) is 0 Å². The van der Waals surface area contributed by atoms with Gasteiger partial charge in [-0.2, -0.15) is 0 Å². The summed E-state index contributed by atoms with van der Waals surface area (Å²) in [6, 6.07) is 16.1. The van der Waals surface area contributed by atoms with Gasteiger partial charge in [-0.1, -0.05) is 48.3 Å². The Bertz CT molecular complexity index is 1230. The van der Waals surface area contributed by atoms with Gasteiger partial charge in [0.15, 0.2) is 0 Å². The third kappa shape index (κ3) is 6.29. The van der Waals surface area contributed by atoms with E-state index >= 15 is 0 Å². The van der Waals surface area contributed by atoms with Gasteiger partial charge in [-0.25, -0.2) is 4.79 Å². The summed E-state index contributed by atoms with van der Waals surface area (Å²) in [6.07, 6.45) is 3.83. The molecule has 1 heterocycles. The zero-order valence-corrected chi connectivity index (χ0v) is 20.2. The van der Waals surface area contributed by atoms with Gasteiger partial charge in [0.05, 0.1) is 18.4 Å². The number of carbonyl (C=O) groups excluding carboxylic acids is 2. The molecule has 4 N–H and O–H groups in total. The molecule has 2 aromatic carbocycles. The van der Waals surface area contributed by atoms with Crippen LogP contribution in [0, 0.1) is 6.92 Å². The van der Waals surface area contributed by atoms with Crippen molar-refractivity contribution in [3.8, 4) is 0 Å². The van der Waals surface area contributed by atoms with Crippen LogP contribution in [0.15, 0.2) is 59.1 Å². The second kappa shape index (κ2) is 11.1. The molecule has 36 heavy (non-hydrogen) atoms. The van der Waals surface area contributed by atoms with Crippen LogP contribution in [-0.2, 0) is 28.0 Å². The largest absolute Gasteiger partial charge is 0.481 e. The lowest BCUT2D eigenvalue weighted by Crippen LogP contribution is -2.44. The smallest absolute Gasteiger partial charge is 0.323 e. The molecule has 0 unspecified atom stereocenters. The number of aromatic nitrogens is 1. The molecule has 9 heteroatoms. The molecule has 1 aliphatic rings. The number of hydrogen-bond donors (Lipinski definition) is 4. The first-order valence-electron chi connectivity index (χ1n) is 12.0. The van der Waals surface area contributed by atoms with Crippen LogP contribution < -0.4 is 16.0 Å². The molecular formula is C27H30N4O5. The molecule has 188 valence electrons. The van der Waals surface area contributed by atoms with Crippen LogP contribution in [0.2, 0.25) is 0 Å². The second-order valence-electron chi connectivity index (χ2n) is 9.18. The molecule has 9 nitrogen and oxygen atoms in total. The van der Waals surface area contributed by atoms with Gasteiger partial charge in [0.1, 0.15) is 11.5 Å². The number of benzene rings is 2. The van der Waals surface area contributed by atoms with E-state index in [0.717, 1.165) is 42.5 Å². The van der Waals surface area contributed by atoms with Gasteiger partial charge >= 0.3 is 12.0 Å². The first kappa shape index (κ1) is 25.0. The Balaban J connectivity index is 1.34. The SMILES string of the molecule is Cc1ccccc1NC(=O)Nc1ccc(CC(=O)NC2(c3cc(CCC(=O)O)on3)CCCC2)cc1. The van der Waals surface area contributed by atoms with Crippen LogP contribution in [-0.4, -0.2) is 28.2 Å². The van der Waals surface area contributed by atoms with Gasteiger partial charge < -0.3 is 25.6 Å². The topological polar surface area (TPSA) is 134 Å². The van der Waals surface area contributed by atoms with E-state index in [1.165, 1.54) is 0 Å². The fourth-order valence-corrected chi connectivity index (χ4v) is 4.51. The normalized spacial score (nSPS) is 14.2. The van der Waals surface area contributed by atoms with Crippen molar-refractivity contribution in [1.29, 1.82) is 0 Å². The predicted octanol–water partition coefficient (Wildman–Crippen LogP) is 4.77. The number of amides is 3. The van der Waals surface area contributed by atoms with Crippen molar-refractivity contribution in [3.63, 3.8) is 0 Å². The number of anilines is 2. The molecule has 0 bridgehead atoms. The van der Waals surface area contributed by atoms with Crippen molar-refractivity contribution < 1.29 is 24.0 Å². The molecule has 1 fully saturated rings. The Morgan fingerprint density at radius 3 is 2.44 bits per heavy atom. The molecule has 0 aliphatic heterocycles. The average molecular weight is 491 g/mol. The van der Waals surface area contributed by atoms with Crippen molar-refractivity contribution in [2.45, 2.75) is 57.4 Å². The number of carboxylic acids is 1. The molecule has 4 rings (SSSR count). The molecule has 0 atom stereocenters. The summed E-state index contributed by atoms with van der Waals surface area (Å²) in [5.41, 5.74) is 3.19. The number of urea groups is 1. The number of nitrogens with one attached hydrogen (secondary N) is 3. The van der Waals surface area contributed by atoms with Gasteiger partial charge in [0.2, 0.25) is 5.91 Å². The number of nitrogens with zero attached hydrogens (tertiary/aromatic N) is 1. The number of aliphatic carboxylic acids is 1. The minimum absolute atomic E-state index is 0.0353. The summed E-state index contributed by atoms with van der Waals surface area (Å²) in [6.45, 7) is 1.92. The molecule has 1 aliphatic carbocycles. The summed E-state index contributed by atoms with van der Waals surface area (Å²) < 4.78 is 5.34. The number of para-hydroxylation sites is 1. The van der Waals surface area contributed by atoms with Gasteiger partial charge in [-0.15, -0.1) is 0 Å². The molecule has 0 saturated heterocycles. The fourth-order valence-electron chi connectivity index (χ4n) is 4.51. The highest BCUT2D eigenvalue weighted by atomic mass is 16.5. The van der Waals surface area contributed by atoms with Crippen molar-refractivity contribution in [1.82, 2.24) is 10.5 Å². The van der Waals surface area contributed by atoms with E-state index in [-0.39, 0.29) is 31.2 Å². The Labute approximate surface area is 209 Å². The molecule has 3 aromatic rings. The highest BCUT2D eigenvalue weighted by Crippen LogP contribution is 2.38. The number of carboxylic acid groups (broad SMARTS) is 1. The van der Waals surface area contributed by atoms with E-state index in [4.69, 9.17) is 9.63 Å². The number of aryl methyl sites for hydroxylation is 2. The number of hydrogen-bond acceptors (Lipinski definition) is 5. The summed E-state index contributed by atoms with van der Waals surface area (Å²) >= 11 is 0. The van der Waals surface area contributed by atoms with E-state index in [1.807, 2.05) is 43.3 Å². The molecule has 1 saturated carbocycles. The lowest BCUT2D eigenvalue weighted by molar-refractivity contribution is -0.137. The molecule has 1 aromatic heterocycles. The first-order valence-corrected chi connectivity index (χ1v) is 12.0. The zero-order valence-electron chi connectivity index (χ0n) is 20.2. The maximum Gasteiger partial charge on any atom is 0.323 e. The standard InChI is InChI=1S/C27H30N4O5/c1-18-6-2-3-7-22(18)29-26(35)28-20-10-8-19(9-11-20)16-24(32)30-27(14-4-5-15-27)23-17-21(36-31-23)12-13-25(33)34/h2-3,6-11,17H,4-5,12-16H2,1H3,(H,30,32)(H,33,34)(H2,28,29,35). The van der Waals surface area contributed by atoms with E-state index in [2.05, 4.69) is 21.1 Å². The van der Waals surface area contributed by atoms with Crippen LogP contribution in [0.1, 0.15) is 54.7 Å². The summed E-state index contributed by atoms with van der Waals surface area (Å²) in [7, 11) is 0. The first-order chi connectivity index (χ1) is 17.3. The zero-order chi connectivity index (χ0) is 25.5. The highest BCUT2D eigenvalue weighted by molar-refractivity contribution is 6.00. The van der Waals surface area contributed by atoms with Crippen LogP contribution in [0.25, 0.3) is 0 Å². The van der Waals surface area contributed by atoms with Gasteiger partial charge in [-0.3, -0.25) is 9.59 Å². The molecular weight excluding hydrogens is 460 g/mol. The van der Waals surface area contributed by atoms with Crippen LogP contribution in [0.3, 0.4) is 0 Å². The number of carbonyl (C=O) groups is 3. The van der Waals surface area contributed by atoms with Gasteiger partial charge in [0, 0.05) is 23.9 Å². The summed E-state index contributed by atoms with van der Waals surface area (Å²) in [4.78, 5) is 36.1. The number of rotatable bonds is 9. The Morgan fingerprint density at radius 2 is 1.75 bits per heavy atom. The lowest BCUT2D eigenvalue weighted by atomic mass is 9.92. The summed E-state index contributed by atoms with van der Waals surface area (Å²) in [5, 5.41) is 21.8. The van der Waals surface area contributed by atoms with E-state index in [0.29, 0.717) is 17.1 Å². The van der Waals surface area contributed by atoms with E-state index in [1.54, 1.807) is 18.2 Å². The lowest BCUT2D eigenvalue weighted by Gasteiger charge is -2.28. The maximum atomic E-state index is 12.9. The van der Waals surface area contributed by atoms with Crippen LogP contribution >= 0.6 is 0 Å². The highest BCUT2D eigenvalue weighted by Gasteiger charge is 2.39. The predicted molar refractivity (Wildman–Crippen MR) is 135 cm³/mol. The minimum atomic E-state index is -0.898. The molecule has 0 radical (unpaired) electrons. The average Bonchev–Trinajstić information content (AvgIpc) is 3.51. The maximum absolute atomic E-state index is 12.9. The molecule has 0 spiro atoms. The fraction of sp³-hybridized carbons (Fsp3) is 0.333. The Kier molecular flexibility index (Phi) is 7.68. The van der Waals surface area contributed by atoms with Crippen molar-refractivity contribution >= 4 is 29.3 Å². The summed E-state index contributed by atoms with van der Waals surface area (Å²) in [5.74, 6) is -0.530. The van der Waals surface area contributed by atoms with Crippen molar-refractivity contribution in [3.05, 3.63) is 77.2 Å². The van der Waals surface area contributed by atoms with Crippen molar-refractivity contribution in [2.24, 2.45) is 0 Å². The minimum Gasteiger partial charge on any atom is -0.481 e. The van der Waals surface area contributed by atoms with E-state index < -0.39 is 11.5 Å². The molecule has 3 amide bonds. The van der Waals surface area contributed by atoms with E-state index in [9.17, 15) is 14.4 Å². The van der Waals surface area contributed by atoms with Crippen LogP contribution in [0.4, 0.5) is 16.2 Å². The monoisotopic (exact) mass is 490 g/mol. The Morgan fingerprint density at radius 1 is 1.03 bits per heavy atom. The van der Waals surface area contributed by atoms with Crippen molar-refractivity contribution in [2.75, 3.05) is 10.6 Å². The third-order valence-electron chi connectivity index (χ3n) is 6.44. The quantitative estimate of drug-likeness (QED) is 0.341. The third-order valence-corrected chi connectivity index (χ3v) is 6.44.